The lowest BCUT2D eigenvalue weighted by atomic mass is 10.1. The summed E-state index contributed by atoms with van der Waals surface area (Å²) in [5.74, 6) is 2.70. The number of hydrogen-bond donors (Lipinski definition) is 1. The van der Waals surface area contributed by atoms with Gasteiger partial charge in [0.15, 0.2) is 0 Å². The van der Waals surface area contributed by atoms with Crippen LogP contribution in [0.5, 0.6) is 11.5 Å². The zero-order valence-electron chi connectivity index (χ0n) is 14.5. The van der Waals surface area contributed by atoms with Crippen LogP contribution in [-0.2, 0) is 0 Å². The Labute approximate surface area is 151 Å². The highest BCUT2D eigenvalue weighted by Crippen LogP contribution is 2.40. The number of nitrogens with two attached hydrogens (primary N) is 1. The van der Waals surface area contributed by atoms with Gasteiger partial charge in [0.2, 0.25) is 5.88 Å². The van der Waals surface area contributed by atoms with Gasteiger partial charge in [0.1, 0.15) is 23.5 Å². The maximum absolute atomic E-state index is 6.58. The van der Waals surface area contributed by atoms with Gasteiger partial charge in [0.25, 0.3) is 0 Å². The van der Waals surface area contributed by atoms with Crippen molar-refractivity contribution < 1.29 is 13.9 Å². The number of para-hydroxylation sites is 2. The van der Waals surface area contributed by atoms with Crippen molar-refractivity contribution in [2.75, 3.05) is 19.1 Å². The molecule has 0 bridgehead atoms. The van der Waals surface area contributed by atoms with Gasteiger partial charge in [0, 0.05) is 5.56 Å². The van der Waals surface area contributed by atoms with E-state index >= 15 is 0 Å². The van der Waals surface area contributed by atoms with E-state index in [0.717, 1.165) is 28.3 Å². The predicted octanol–water partition coefficient (Wildman–Crippen LogP) is 3.85. The maximum atomic E-state index is 6.58. The molecule has 2 N–H and O–H groups in total. The summed E-state index contributed by atoms with van der Waals surface area (Å²) in [6, 6.07) is 17.2. The monoisotopic (exact) mass is 349 g/mol. The number of fused-ring (bicyclic) bond motifs is 1. The molecule has 1 atom stereocenters. The molecule has 0 radical (unpaired) electrons. The quantitative estimate of drug-likeness (QED) is 0.774. The van der Waals surface area contributed by atoms with Crippen molar-refractivity contribution in [1.82, 2.24) is 0 Å². The van der Waals surface area contributed by atoms with Crippen LogP contribution in [0.25, 0.3) is 0 Å². The lowest BCUT2D eigenvalue weighted by molar-refractivity contribution is 0.414. The molecular weight excluding hydrogens is 330 g/mol. The van der Waals surface area contributed by atoms with Crippen LogP contribution in [0.15, 0.2) is 70.3 Å². The Bertz CT molecular complexity index is 947. The van der Waals surface area contributed by atoms with Crippen molar-refractivity contribution in [1.29, 1.82) is 0 Å². The number of benzene rings is 2. The molecule has 132 valence electrons. The minimum absolute atomic E-state index is 0.449. The minimum Gasteiger partial charge on any atom is -0.497 e. The summed E-state index contributed by atoms with van der Waals surface area (Å²) in [6.45, 7) is 0. The maximum Gasteiger partial charge on any atom is 0.227 e. The third-order valence-electron chi connectivity index (χ3n) is 4.40. The molecule has 0 saturated heterocycles. The Morgan fingerprint density at radius 3 is 2.50 bits per heavy atom. The first-order valence-electron chi connectivity index (χ1n) is 8.21. The number of furan rings is 1. The summed E-state index contributed by atoms with van der Waals surface area (Å²) in [5.41, 5.74) is 9.14. The lowest BCUT2D eigenvalue weighted by Gasteiger charge is -2.35. The molecule has 6 nitrogen and oxygen atoms in total. The summed E-state index contributed by atoms with van der Waals surface area (Å²) in [5, 5.41) is 0. The number of methoxy groups -OCH3 is 2. The topological polar surface area (TPSA) is 73.2 Å². The van der Waals surface area contributed by atoms with Gasteiger partial charge >= 0.3 is 0 Å². The molecule has 2 heterocycles. The van der Waals surface area contributed by atoms with Gasteiger partial charge in [-0.15, -0.1) is 0 Å². The number of amidine groups is 1. The summed E-state index contributed by atoms with van der Waals surface area (Å²) >= 11 is 0. The summed E-state index contributed by atoms with van der Waals surface area (Å²) < 4.78 is 16.3. The van der Waals surface area contributed by atoms with Crippen molar-refractivity contribution in [3.05, 3.63) is 72.0 Å². The molecule has 1 aliphatic heterocycles. The Morgan fingerprint density at radius 2 is 1.77 bits per heavy atom. The molecule has 6 heteroatoms. The van der Waals surface area contributed by atoms with Gasteiger partial charge in [0.05, 0.1) is 31.7 Å². The first kappa shape index (κ1) is 16.2. The first-order valence-corrected chi connectivity index (χ1v) is 8.21. The van der Waals surface area contributed by atoms with Crippen LogP contribution in [0.4, 0.5) is 11.6 Å². The highest BCUT2D eigenvalue weighted by Gasteiger charge is 2.32. The molecule has 1 aromatic heterocycles. The van der Waals surface area contributed by atoms with E-state index in [1.807, 2.05) is 59.5 Å². The standard InChI is InChI=1S/C20H19N3O3/c1-24-14-9-7-13(8-10-14)19-22-20-15(11-12-26-20)18(21)23(19)16-5-3-4-6-17(16)25-2/h3-12,18H,21H2,1-2H3. The number of anilines is 1. The number of nitrogens with zero attached hydrogens (tertiary/aromatic N) is 2. The highest BCUT2D eigenvalue weighted by atomic mass is 16.5. The average Bonchev–Trinajstić information content (AvgIpc) is 3.17. The molecule has 0 spiro atoms. The van der Waals surface area contributed by atoms with E-state index in [4.69, 9.17) is 24.6 Å². The molecule has 0 amide bonds. The fourth-order valence-corrected chi connectivity index (χ4v) is 3.08. The van der Waals surface area contributed by atoms with Crippen LogP contribution >= 0.6 is 0 Å². The largest absolute Gasteiger partial charge is 0.497 e. The molecule has 1 unspecified atom stereocenters. The second-order valence-electron chi connectivity index (χ2n) is 5.83. The van der Waals surface area contributed by atoms with Gasteiger partial charge in [-0.2, -0.15) is 4.99 Å². The fourth-order valence-electron chi connectivity index (χ4n) is 3.08. The smallest absolute Gasteiger partial charge is 0.227 e. The van der Waals surface area contributed by atoms with Gasteiger partial charge in [-0.3, -0.25) is 0 Å². The number of ether oxygens (including phenoxy) is 2. The third kappa shape index (κ3) is 2.60. The lowest BCUT2D eigenvalue weighted by Crippen LogP contribution is -2.42. The van der Waals surface area contributed by atoms with Crippen molar-refractivity contribution in [2.24, 2.45) is 10.7 Å². The van der Waals surface area contributed by atoms with E-state index in [2.05, 4.69) is 0 Å². The van der Waals surface area contributed by atoms with Crippen LogP contribution in [0.3, 0.4) is 0 Å². The van der Waals surface area contributed by atoms with E-state index in [9.17, 15) is 0 Å². The van der Waals surface area contributed by atoms with Crippen molar-refractivity contribution in [3.8, 4) is 11.5 Å². The number of aliphatic imine (C=N–C) groups is 1. The van der Waals surface area contributed by atoms with Gasteiger partial charge < -0.3 is 24.5 Å². The van der Waals surface area contributed by atoms with Crippen molar-refractivity contribution in [2.45, 2.75) is 6.17 Å². The van der Waals surface area contributed by atoms with Gasteiger partial charge in [-0.25, -0.2) is 0 Å². The zero-order chi connectivity index (χ0) is 18.1. The first-order chi connectivity index (χ1) is 12.7. The average molecular weight is 349 g/mol. The van der Waals surface area contributed by atoms with E-state index in [0.29, 0.717) is 11.7 Å². The summed E-state index contributed by atoms with van der Waals surface area (Å²) in [7, 11) is 3.28. The van der Waals surface area contributed by atoms with Gasteiger partial charge in [-0.05, 0) is 42.5 Å². The van der Waals surface area contributed by atoms with Crippen molar-refractivity contribution >= 4 is 17.4 Å². The molecular formula is C20H19N3O3. The molecule has 3 aromatic rings. The van der Waals surface area contributed by atoms with Crippen LogP contribution in [0, 0.1) is 0 Å². The molecule has 0 saturated carbocycles. The van der Waals surface area contributed by atoms with Crippen LogP contribution < -0.4 is 20.1 Å². The predicted molar refractivity (Wildman–Crippen MR) is 100 cm³/mol. The van der Waals surface area contributed by atoms with Crippen molar-refractivity contribution in [3.63, 3.8) is 0 Å². The van der Waals surface area contributed by atoms with E-state index in [-0.39, 0.29) is 0 Å². The van der Waals surface area contributed by atoms with E-state index in [1.165, 1.54) is 0 Å². The SMILES string of the molecule is COc1ccc(C2=Nc3occc3C(N)N2c2ccccc2OC)cc1. The van der Waals surface area contributed by atoms with Crippen LogP contribution in [-0.4, -0.2) is 20.1 Å². The minimum atomic E-state index is -0.449. The van der Waals surface area contributed by atoms with Crippen LogP contribution in [0.1, 0.15) is 17.3 Å². The Morgan fingerprint density at radius 1 is 1.00 bits per heavy atom. The Kier molecular flexibility index (Phi) is 4.10. The third-order valence-corrected chi connectivity index (χ3v) is 4.40. The zero-order valence-corrected chi connectivity index (χ0v) is 14.5. The Balaban J connectivity index is 1.89. The second kappa shape index (κ2) is 6.57. The molecule has 0 fully saturated rings. The highest BCUT2D eigenvalue weighted by molar-refractivity contribution is 6.13. The molecule has 1 aliphatic rings. The van der Waals surface area contributed by atoms with E-state index < -0.39 is 6.17 Å². The normalized spacial score (nSPS) is 16.0. The second-order valence-corrected chi connectivity index (χ2v) is 5.83. The molecule has 26 heavy (non-hydrogen) atoms. The number of rotatable bonds is 4. The molecule has 0 aliphatic carbocycles. The summed E-state index contributed by atoms with van der Waals surface area (Å²) in [4.78, 5) is 6.67. The summed E-state index contributed by atoms with van der Waals surface area (Å²) in [6.07, 6.45) is 1.15. The molecule has 4 rings (SSSR count). The Hall–Kier alpha value is -3.25. The molecule has 2 aromatic carbocycles. The number of hydrogen-bond acceptors (Lipinski definition) is 6. The van der Waals surface area contributed by atoms with Crippen LogP contribution in [0.2, 0.25) is 0 Å². The van der Waals surface area contributed by atoms with E-state index in [1.54, 1.807) is 20.5 Å². The van der Waals surface area contributed by atoms with Gasteiger partial charge in [-0.1, -0.05) is 12.1 Å². The fraction of sp³-hybridized carbons (Fsp3) is 0.150.